The van der Waals surface area contributed by atoms with Gasteiger partial charge in [0.2, 0.25) is 0 Å². The van der Waals surface area contributed by atoms with Crippen LogP contribution in [0.15, 0.2) is 24.3 Å². The molecular weight excluding hydrogens is 245 g/mol. The second kappa shape index (κ2) is 5.27. The van der Waals surface area contributed by atoms with Crippen molar-refractivity contribution in [2.24, 2.45) is 5.41 Å². The molecule has 100 valence electrons. The summed E-state index contributed by atoms with van der Waals surface area (Å²) in [6, 6.07) is 7.84. The van der Waals surface area contributed by atoms with Gasteiger partial charge in [-0.3, -0.25) is 0 Å². The summed E-state index contributed by atoms with van der Waals surface area (Å²) in [5, 5.41) is 11.7. The molecule has 2 rings (SSSR count). The lowest BCUT2D eigenvalue weighted by Crippen LogP contribution is -2.43. The topological polar surface area (TPSA) is 56.1 Å². The van der Waals surface area contributed by atoms with E-state index in [9.17, 15) is 9.18 Å². The van der Waals surface area contributed by atoms with Crippen LogP contribution < -0.4 is 5.32 Å². The van der Waals surface area contributed by atoms with Crippen molar-refractivity contribution >= 4 is 11.7 Å². The fourth-order valence-electron chi connectivity index (χ4n) is 2.08. The molecule has 1 aromatic rings. The molecule has 1 aliphatic heterocycles. The van der Waals surface area contributed by atoms with Gasteiger partial charge < -0.3 is 10.2 Å². The molecule has 1 fully saturated rings. The Balaban J connectivity index is 1.94. The van der Waals surface area contributed by atoms with E-state index in [-0.39, 0.29) is 17.3 Å². The van der Waals surface area contributed by atoms with Crippen LogP contribution in [0.3, 0.4) is 0 Å². The highest BCUT2D eigenvalue weighted by atomic mass is 19.1. The number of likely N-dealkylation sites (tertiary alicyclic amines) is 1. The Labute approximate surface area is 111 Å². The van der Waals surface area contributed by atoms with Crippen LogP contribution in [-0.4, -0.2) is 24.0 Å². The van der Waals surface area contributed by atoms with Gasteiger partial charge in [-0.25, -0.2) is 9.18 Å². The molecule has 1 heterocycles. The Bertz CT molecular complexity index is 516. The van der Waals surface area contributed by atoms with Crippen LogP contribution in [0.1, 0.15) is 19.8 Å². The van der Waals surface area contributed by atoms with Crippen LogP contribution in [0.25, 0.3) is 0 Å². The molecule has 0 saturated carbocycles. The number of rotatable bonds is 1. The van der Waals surface area contributed by atoms with E-state index in [1.807, 2.05) is 6.92 Å². The van der Waals surface area contributed by atoms with Crippen molar-refractivity contribution < 1.29 is 9.18 Å². The normalized spacial score (nSPS) is 17.6. The summed E-state index contributed by atoms with van der Waals surface area (Å²) in [5.74, 6) is -0.381. The second-order valence-electron chi connectivity index (χ2n) is 5.10. The van der Waals surface area contributed by atoms with E-state index >= 15 is 0 Å². The number of urea groups is 1. The van der Waals surface area contributed by atoms with Crippen molar-refractivity contribution in [3.63, 3.8) is 0 Å². The minimum Gasteiger partial charge on any atom is -0.324 e. The SMILES string of the molecule is CC1(C#N)CCN(C(=O)Nc2cccc(F)c2)CC1. The van der Waals surface area contributed by atoms with E-state index in [0.29, 0.717) is 31.6 Å². The number of halogens is 1. The Morgan fingerprint density at radius 2 is 2.16 bits per heavy atom. The largest absolute Gasteiger partial charge is 0.324 e. The van der Waals surface area contributed by atoms with E-state index in [2.05, 4.69) is 11.4 Å². The molecule has 5 heteroatoms. The van der Waals surface area contributed by atoms with Crippen molar-refractivity contribution in [2.75, 3.05) is 18.4 Å². The average Bonchev–Trinajstić information content (AvgIpc) is 2.39. The Morgan fingerprint density at radius 3 is 2.74 bits per heavy atom. The van der Waals surface area contributed by atoms with E-state index in [1.165, 1.54) is 12.1 Å². The number of piperidine rings is 1. The number of nitrogens with one attached hydrogen (secondary N) is 1. The zero-order valence-corrected chi connectivity index (χ0v) is 10.8. The third-order valence-electron chi connectivity index (χ3n) is 3.50. The molecule has 1 saturated heterocycles. The fourth-order valence-corrected chi connectivity index (χ4v) is 2.08. The minimum atomic E-state index is -0.381. The zero-order valence-electron chi connectivity index (χ0n) is 10.8. The number of hydrogen-bond donors (Lipinski definition) is 1. The summed E-state index contributed by atoms with van der Waals surface area (Å²) in [6.45, 7) is 3.01. The lowest BCUT2D eigenvalue weighted by molar-refractivity contribution is 0.166. The maximum atomic E-state index is 13.0. The molecule has 0 aliphatic carbocycles. The Kier molecular flexibility index (Phi) is 3.70. The third-order valence-corrected chi connectivity index (χ3v) is 3.50. The highest BCUT2D eigenvalue weighted by Gasteiger charge is 2.31. The quantitative estimate of drug-likeness (QED) is 0.844. The number of hydrogen-bond acceptors (Lipinski definition) is 2. The molecule has 4 nitrogen and oxygen atoms in total. The Morgan fingerprint density at radius 1 is 1.47 bits per heavy atom. The predicted molar refractivity (Wildman–Crippen MR) is 69.9 cm³/mol. The highest BCUT2D eigenvalue weighted by molar-refractivity contribution is 5.89. The van der Waals surface area contributed by atoms with Crippen LogP contribution in [-0.2, 0) is 0 Å². The molecule has 0 unspecified atom stereocenters. The van der Waals surface area contributed by atoms with Gasteiger partial charge >= 0.3 is 6.03 Å². The number of carbonyl (C=O) groups is 1. The average molecular weight is 261 g/mol. The first-order chi connectivity index (χ1) is 9.02. The highest BCUT2D eigenvalue weighted by Crippen LogP contribution is 2.29. The standard InChI is InChI=1S/C14H16FN3O/c1-14(10-16)5-7-18(8-6-14)13(19)17-12-4-2-3-11(15)9-12/h2-4,9H,5-8H2,1H3,(H,17,19). The Hall–Kier alpha value is -2.09. The van der Waals surface area contributed by atoms with Gasteiger partial charge in [0, 0.05) is 18.8 Å². The molecular formula is C14H16FN3O. The summed E-state index contributed by atoms with van der Waals surface area (Å²) in [7, 11) is 0. The number of nitriles is 1. The third kappa shape index (κ3) is 3.22. The van der Waals surface area contributed by atoms with E-state index < -0.39 is 0 Å². The van der Waals surface area contributed by atoms with E-state index in [0.717, 1.165) is 0 Å². The molecule has 1 aromatic carbocycles. The minimum absolute atomic E-state index is 0.245. The number of nitrogens with zero attached hydrogens (tertiary/aromatic N) is 2. The van der Waals surface area contributed by atoms with Crippen LogP contribution >= 0.6 is 0 Å². The first kappa shape index (κ1) is 13.3. The maximum Gasteiger partial charge on any atom is 0.321 e. The summed E-state index contributed by atoms with van der Waals surface area (Å²) in [5.41, 5.74) is 0.106. The van der Waals surface area contributed by atoms with Crippen molar-refractivity contribution in [1.82, 2.24) is 4.90 Å². The van der Waals surface area contributed by atoms with Gasteiger partial charge in [-0.05, 0) is 38.0 Å². The molecule has 0 spiro atoms. The van der Waals surface area contributed by atoms with E-state index in [1.54, 1.807) is 17.0 Å². The van der Waals surface area contributed by atoms with Crippen LogP contribution in [0.2, 0.25) is 0 Å². The van der Waals surface area contributed by atoms with Gasteiger partial charge in [0.25, 0.3) is 0 Å². The van der Waals surface area contributed by atoms with Crippen LogP contribution in [0.4, 0.5) is 14.9 Å². The summed E-state index contributed by atoms with van der Waals surface area (Å²) < 4.78 is 13.0. The van der Waals surface area contributed by atoms with Crippen LogP contribution in [0.5, 0.6) is 0 Å². The van der Waals surface area contributed by atoms with Crippen molar-refractivity contribution in [3.05, 3.63) is 30.1 Å². The number of benzene rings is 1. The zero-order chi connectivity index (χ0) is 13.9. The number of carbonyl (C=O) groups excluding carboxylic acids is 1. The summed E-state index contributed by atoms with van der Waals surface area (Å²) >= 11 is 0. The van der Waals surface area contributed by atoms with Crippen molar-refractivity contribution in [3.8, 4) is 6.07 Å². The maximum absolute atomic E-state index is 13.0. The molecule has 0 aromatic heterocycles. The van der Waals surface area contributed by atoms with Gasteiger partial charge in [0.1, 0.15) is 5.82 Å². The monoisotopic (exact) mass is 261 g/mol. The van der Waals surface area contributed by atoms with Crippen molar-refractivity contribution in [2.45, 2.75) is 19.8 Å². The lowest BCUT2D eigenvalue weighted by atomic mass is 9.82. The molecule has 1 aliphatic rings. The second-order valence-corrected chi connectivity index (χ2v) is 5.10. The van der Waals surface area contributed by atoms with Crippen molar-refractivity contribution in [1.29, 1.82) is 5.26 Å². The predicted octanol–water partition coefficient (Wildman–Crippen LogP) is 2.98. The molecule has 1 N–H and O–H groups in total. The van der Waals surface area contributed by atoms with Gasteiger partial charge in [0.15, 0.2) is 0 Å². The molecule has 0 bridgehead atoms. The lowest BCUT2D eigenvalue weighted by Gasteiger charge is -2.34. The first-order valence-electron chi connectivity index (χ1n) is 6.25. The fraction of sp³-hybridized carbons (Fsp3) is 0.429. The first-order valence-corrected chi connectivity index (χ1v) is 6.25. The number of anilines is 1. The van der Waals surface area contributed by atoms with Gasteiger partial charge in [0.05, 0.1) is 11.5 Å². The van der Waals surface area contributed by atoms with Gasteiger partial charge in [-0.1, -0.05) is 6.07 Å². The van der Waals surface area contributed by atoms with E-state index in [4.69, 9.17) is 5.26 Å². The number of amides is 2. The molecule has 0 atom stereocenters. The van der Waals surface area contributed by atoms with Crippen LogP contribution in [0, 0.1) is 22.6 Å². The van der Waals surface area contributed by atoms with Gasteiger partial charge in [-0.2, -0.15) is 5.26 Å². The smallest absolute Gasteiger partial charge is 0.321 e. The summed E-state index contributed by atoms with van der Waals surface area (Å²) in [6.07, 6.45) is 1.33. The molecule has 0 radical (unpaired) electrons. The molecule has 19 heavy (non-hydrogen) atoms. The van der Waals surface area contributed by atoms with Gasteiger partial charge in [-0.15, -0.1) is 0 Å². The molecule has 2 amide bonds. The summed E-state index contributed by atoms with van der Waals surface area (Å²) in [4.78, 5) is 13.6.